The van der Waals surface area contributed by atoms with E-state index in [0.717, 1.165) is 11.3 Å². The van der Waals surface area contributed by atoms with Crippen molar-refractivity contribution in [3.05, 3.63) is 53.1 Å². The Kier molecular flexibility index (Phi) is 5.05. The first-order valence-electron chi connectivity index (χ1n) is 10.1. The zero-order chi connectivity index (χ0) is 21.5. The molecule has 1 N–H and O–H groups in total. The van der Waals surface area contributed by atoms with Gasteiger partial charge in [-0.25, -0.2) is 0 Å². The molecule has 0 saturated carbocycles. The highest BCUT2D eigenvalue weighted by Crippen LogP contribution is 2.37. The number of ether oxygens (including phenoxy) is 2. The molecule has 1 spiro atoms. The maximum Gasteiger partial charge on any atom is 0.255 e. The van der Waals surface area contributed by atoms with Gasteiger partial charge in [0.1, 0.15) is 17.2 Å². The number of hydrogen-bond donors (Lipinski definition) is 1. The van der Waals surface area contributed by atoms with Crippen LogP contribution in [0.3, 0.4) is 0 Å². The summed E-state index contributed by atoms with van der Waals surface area (Å²) in [5.74, 6) is 1.04. The number of nitrogens with zero attached hydrogens (tertiary/aromatic N) is 2. The van der Waals surface area contributed by atoms with Gasteiger partial charge in [-0.15, -0.1) is 0 Å². The predicted molar refractivity (Wildman–Crippen MR) is 114 cm³/mol. The highest BCUT2D eigenvalue weighted by atomic mass is 16.5. The van der Waals surface area contributed by atoms with Crippen LogP contribution in [0.25, 0.3) is 0 Å². The number of carbonyl (C=O) groups is 2. The molecule has 4 rings (SSSR count). The molecule has 7 nitrogen and oxygen atoms in total. The molecule has 2 aliphatic heterocycles. The number of likely N-dealkylation sites (tertiary alicyclic amines) is 1. The molecular weight excluding hydrogens is 382 g/mol. The fourth-order valence-corrected chi connectivity index (χ4v) is 4.37. The van der Waals surface area contributed by atoms with Crippen LogP contribution in [0.15, 0.2) is 36.4 Å². The SMILES string of the molecule is COc1cc(OC)cc(C(=O)N2CCC3(CC2)NC(=O)c2cc(C)ccc2N3C)c1. The fourth-order valence-electron chi connectivity index (χ4n) is 4.37. The van der Waals surface area contributed by atoms with Gasteiger partial charge in [0, 0.05) is 44.6 Å². The topological polar surface area (TPSA) is 71.1 Å². The molecule has 0 atom stereocenters. The third-order valence-electron chi connectivity index (χ3n) is 6.22. The van der Waals surface area contributed by atoms with Crippen molar-refractivity contribution in [3.8, 4) is 11.5 Å². The summed E-state index contributed by atoms with van der Waals surface area (Å²) in [6.45, 7) is 3.07. The lowest BCUT2D eigenvalue weighted by atomic mass is 9.90. The molecule has 2 heterocycles. The lowest BCUT2D eigenvalue weighted by Crippen LogP contribution is -2.67. The molecule has 0 unspecified atom stereocenters. The Morgan fingerprint density at radius 3 is 2.27 bits per heavy atom. The number of rotatable bonds is 3. The molecule has 0 aliphatic carbocycles. The number of piperidine rings is 1. The summed E-state index contributed by atoms with van der Waals surface area (Å²) >= 11 is 0. The summed E-state index contributed by atoms with van der Waals surface area (Å²) < 4.78 is 10.6. The van der Waals surface area contributed by atoms with Crippen molar-refractivity contribution in [3.63, 3.8) is 0 Å². The number of fused-ring (bicyclic) bond motifs is 1. The van der Waals surface area contributed by atoms with E-state index in [1.54, 1.807) is 32.4 Å². The number of amides is 2. The molecule has 7 heteroatoms. The second-order valence-electron chi connectivity index (χ2n) is 7.96. The van der Waals surface area contributed by atoms with E-state index in [1.165, 1.54) is 0 Å². The monoisotopic (exact) mass is 409 g/mol. The second kappa shape index (κ2) is 7.55. The third kappa shape index (κ3) is 3.34. The summed E-state index contributed by atoms with van der Waals surface area (Å²) in [7, 11) is 5.14. The summed E-state index contributed by atoms with van der Waals surface area (Å²) in [6.07, 6.45) is 1.30. The van der Waals surface area contributed by atoms with Crippen molar-refractivity contribution in [1.29, 1.82) is 0 Å². The van der Waals surface area contributed by atoms with Gasteiger partial charge < -0.3 is 24.6 Å². The molecular formula is C23H27N3O4. The van der Waals surface area contributed by atoms with Crippen molar-refractivity contribution in [1.82, 2.24) is 10.2 Å². The maximum absolute atomic E-state index is 13.1. The highest BCUT2D eigenvalue weighted by Gasteiger charge is 2.44. The smallest absolute Gasteiger partial charge is 0.255 e. The largest absolute Gasteiger partial charge is 0.497 e. The second-order valence-corrected chi connectivity index (χ2v) is 7.96. The molecule has 0 radical (unpaired) electrons. The van der Waals surface area contributed by atoms with E-state index in [1.807, 2.05) is 37.1 Å². The Morgan fingerprint density at radius 1 is 1.03 bits per heavy atom. The molecule has 0 bridgehead atoms. The van der Waals surface area contributed by atoms with Crippen molar-refractivity contribution in [2.45, 2.75) is 25.4 Å². The van der Waals surface area contributed by atoms with Crippen LogP contribution in [-0.4, -0.2) is 56.7 Å². The average Bonchev–Trinajstić information content (AvgIpc) is 2.77. The number of benzene rings is 2. The van der Waals surface area contributed by atoms with Crippen LogP contribution in [0.4, 0.5) is 5.69 Å². The maximum atomic E-state index is 13.1. The van der Waals surface area contributed by atoms with E-state index in [0.29, 0.717) is 48.6 Å². The Bertz CT molecular complexity index is 974. The van der Waals surface area contributed by atoms with Crippen LogP contribution in [0.5, 0.6) is 11.5 Å². The van der Waals surface area contributed by atoms with E-state index in [4.69, 9.17) is 9.47 Å². The number of methoxy groups -OCH3 is 2. The van der Waals surface area contributed by atoms with Crippen LogP contribution in [0.1, 0.15) is 39.1 Å². The Hall–Kier alpha value is -3.22. The van der Waals surface area contributed by atoms with Gasteiger partial charge in [0.05, 0.1) is 25.5 Å². The van der Waals surface area contributed by atoms with Crippen molar-refractivity contribution >= 4 is 17.5 Å². The molecule has 2 aliphatic rings. The standard InChI is InChI=1S/C23H27N3O4/c1-15-5-6-20-19(11-15)21(27)24-23(25(20)2)7-9-26(10-8-23)22(28)16-12-17(29-3)14-18(13-16)30-4/h5-6,11-14H,7-10H2,1-4H3,(H,24,27). The normalized spacial score (nSPS) is 17.4. The van der Waals surface area contributed by atoms with Crippen molar-refractivity contribution in [2.75, 3.05) is 39.3 Å². The number of aryl methyl sites for hydroxylation is 1. The quantitative estimate of drug-likeness (QED) is 0.844. The van der Waals surface area contributed by atoms with Crippen LogP contribution < -0.4 is 19.7 Å². The molecule has 30 heavy (non-hydrogen) atoms. The van der Waals surface area contributed by atoms with E-state index >= 15 is 0 Å². The number of anilines is 1. The van der Waals surface area contributed by atoms with Gasteiger partial charge in [-0.2, -0.15) is 0 Å². The minimum absolute atomic E-state index is 0.0518. The zero-order valence-electron chi connectivity index (χ0n) is 17.8. The van der Waals surface area contributed by atoms with Gasteiger partial charge in [0.15, 0.2) is 0 Å². The van der Waals surface area contributed by atoms with Crippen LogP contribution in [-0.2, 0) is 0 Å². The third-order valence-corrected chi connectivity index (χ3v) is 6.22. The first kappa shape index (κ1) is 20.1. The van der Waals surface area contributed by atoms with Gasteiger partial charge in [-0.1, -0.05) is 11.6 Å². The van der Waals surface area contributed by atoms with Crippen LogP contribution in [0.2, 0.25) is 0 Å². The van der Waals surface area contributed by atoms with Crippen LogP contribution in [0, 0.1) is 6.92 Å². The van der Waals surface area contributed by atoms with Crippen molar-refractivity contribution < 1.29 is 19.1 Å². The lowest BCUT2D eigenvalue weighted by molar-refractivity contribution is 0.0608. The highest BCUT2D eigenvalue weighted by molar-refractivity contribution is 6.02. The van der Waals surface area contributed by atoms with Gasteiger partial charge in [-0.3, -0.25) is 9.59 Å². The number of carbonyl (C=O) groups excluding carboxylic acids is 2. The summed E-state index contributed by atoms with van der Waals surface area (Å²) in [5.41, 5.74) is 2.74. The van der Waals surface area contributed by atoms with E-state index in [2.05, 4.69) is 10.2 Å². The first-order valence-corrected chi connectivity index (χ1v) is 10.1. The Balaban J connectivity index is 1.53. The fraction of sp³-hybridized carbons (Fsp3) is 0.391. The summed E-state index contributed by atoms with van der Waals surface area (Å²) in [5, 5.41) is 3.21. The summed E-state index contributed by atoms with van der Waals surface area (Å²) in [4.78, 5) is 29.9. The minimum Gasteiger partial charge on any atom is -0.497 e. The Labute approximate surface area is 176 Å². The molecule has 2 amide bonds. The molecule has 1 fully saturated rings. The van der Waals surface area contributed by atoms with E-state index < -0.39 is 5.66 Å². The van der Waals surface area contributed by atoms with Gasteiger partial charge in [-0.05, 0) is 31.2 Å². The van der Waals surface area contributed by atoms with Gasteiger partial charge in [0.2, 0.25) is 0 Å². The van der Waals surface area contributed by atoms with Gasteiger partial charge >= 0.3 is 0 Å². The predicted octanol–water partition coefficient (Wildman–Crippen LogP) is 2.82. The zero-order valence-corrected chi connectivity index (χ0v) is 17.8. The van der Waals surface area contributed by atoms with Crippen molar-refractivity contribution in [2.24, 2.45) is 0 Å². The number of nitrogens with one attached hydrogen (secondary N) is 1. The van der Waals surface area contributed by atoms with E-state index in [9.17, 15) is 9.59 Å². The molecule has 158 valence electrons. The molecule has 0 aromatic heterocycles. The average molecular weight is 409 g/mol. The molecule has 1 saturated heterocycles. The number of hydrogen-bond acceptors (Lipinski definition) is 5. The molecule has 2 aromatic carbocycles. The van der Waals surface area contributed by atoms with Gasteiger partial charge in [0.25, 0.3) is 11.8 Å². The first-order chi connectivity index (χ1) is 14.4. The van der Waals surface area contributed by atoms with Crippen LogP contribution >= 0.6 is 0 Å². The Morgan fingerprint density at radius 2 is 1.67 bits per heavy atom. The summed E-state index contributed by atoms with van der Waals surface area (Å²) in [6, 6.07) is 11.1. The minimum atomic E-state index is -0.484. The lowest BCUT2D eigenvalue weighted by Gasteiger charge is -2.51. The van der Waals surface area contributed by atoms with E-state index in [-0.39, 0.29) is 11.8 Å². The molecule has 2 aromatic rings.